The Labute approximate surface area is 90.0 Å². The van der Waals surface area contributed by atoms with Gasteiger partial charge >= 0.3 is 0 Å². The van der Waals surface area contributed by atoms with Crippen LogP contribution in [0.15, 0.2) is 24.3 Å². The van der Waals surface area contributed by atoms with Crippen molar-refractivity contribution < 1.29 is 9.53 Å². The van der Waals surface area contributed by atoms with Crippen molar-refractivity contribution in [3.8, 4) is 6.07 Å². The third kappa shape index (κ3) is 4.09. The fourth-order valence-electron chi connectivity index (χ4n) is 1.25. The van der Waals surface area contributed by atoms with Crippen molar-refractivity contribution >= 4 is 5.78 Å². The highest BCUT2D eigenvalue weighted by atomic mass is 16.6. The maximum atomic E-state index is 11.3. The predicted octanol–water partition coefficient (Wildman–Crippen LogP) is 2.15. The Morgan fingerprint density at radius 2 is 2.27 bits per heavy atom. The monoisotopic (exact) mass is 205 g/mol. The van der Waals surface area contributed by atoms with Gasteiger partial charge in [0.15, 0.2) is 18.0 Å². The van der Waals surface area contributed by atoms with Gasteiger partial charge in [-0.3, -0.25) is 4.79 Å². The Kier molecular flexibility index (Phi) is 4.79. The standard InChI is InChI=1S/C12H15NO2/c1-2-3-4-5-6-7-8-10(14)12-11(9-13)15-12/h2-3,5-6,11-12H,4,7-8H2,1H3/b3-2+,6-5+/t11-,12+/m0/s1. The number of hydrogen-bond donors (Lipinski definition) is 0. The first kappa shape index (κ1) is 11.7. The molecule has 0 unspecified atom stereocenters. The van der Waals surface area contributed by atoms with Crippen molar-refractivity contribution in [2.75, 3.05) is 0 Å². The van der Waals surface area contributed by atoms with Gasteiger partial charge in [-0.2, -0.15) is 5.26 Å². The van der Waals surface area contributed by atoms with Crippen molar-refractivity contribution in [3.63, 3.8) is 0 Å². The molecule has 2 atom stereocenters. The summed E-state index contributed by atoms with van der Waals surface area (Å²) in [6, 6.07) is 1.92. The molecule has 0 saturated carbocycles. The van der Waals surface area contributed by atoms with E-state index in [9.17, 15) is 4.79 Å². The van der Waals surface area contributed by atoms with Gasteiger partial charge in [-0.25, -0.2) is 0 Å². The molecule has 1 heterocycles. The highest BCUT2D eigenvalue weighted by Crippen LogP contribution is 2.23. The fraction of sp³-hybridized carbons (Fsp3) is 0.500. The van der Waals surface area contributed by atoms with E-state index in [1.54, 1.807) is 0 Å². The van der Waals surface area contributed by atoms with Crippen molar-refractivity contribution in [1.29, 1.82) is 5.26 Å². The lowest BCUT2D eigenvalue weighted by molar-refractivity contribution is -0.120. The number of hydrogen-bond acceptors (Lipinski definition) is 3. The molecule has 0 bridgehead atoms. The van der Waals surface area contributed by atoms with E-state index in [4.69, 9.17) is 10.00 Å². The van der Waals surface area contributed by atoms with Crippen molar-refractivity contribution in [2.45, 2.75) is 38.4 Å². The summed E-state index contributed by atoms with van der Waals surface area (Å²) in [5.74, 6) is 0.0391. The van der Waals surface area contributed by atoms with E-state index < -0.39 is 12.2 Å². The summed E-state index contributed by atoms with van der Waals surface area (Å²) in [5.41, 5.74) is 0. The topological polar surface area (TPSA) is 53.4 Å². The Morgan fingerprint density at radius 1 is 1.47 bits per heavy atom. The summed E-state index contributed by atoms with van der Waals surface area (Å²) in [6.45, 7) is 1.98. The fourth-order valence-corrected chi connectivity index (χ4v) is 1.25. The van der Waals surface area contributed by atoms with Crippen molar-refractivity contribution in [2.24, 2.45) is 0 Å². The number of ketones is 1. The lowest BCUT2D eigenvalue weighted by Gasteiger charge is -1.91. The van der Waals surface area contributed by atoms with E-state index in [1.807, 2.05) is 37.3 Å². The minimum absolute atomic E-state index is 0.0391. The molecule has 0 amide bonds. The second-order valence-corrected chi connectivity index (χ2v) is 3.39. The van der Waals surface area contributed by atoms with E-state index in [-0.39, 0.29) is 5.78 Å². The van der Waals surface area contributed by atoms with Gasteiger partial charge in [-0.1, -0.05) is 24.3 Å². The van der Waals surface area contributed by atoms with Crippen LogP contribution in [0.5, 0.6) is 0 Å². The van der Waals surface area contributed by atoms with Crippen molar-refractivity contribution in [1.82, 2.24) is 0 Å². The molecule has 0 aliphatic carbocycles. The van der Waals surface area contributed by atoms with E-state index in [2.05, 4.69) is 0 Å². The molecule has 15 heavy (non-hydrogen) atoms. The largest absolute Gasteiger partial charge is 0.345 e. The van der Waals surface area contributed by atoms with E-state index in [1.165, 1.54) is 0 Å². The number of allylic oxidation sites excluding steroid dienone is 4. The number of Topliss-reactive ketones (excluding diaryl/α,β-unsaturated/α-hetero) is 1. The highest BCUT2D eigenvalue weighted by molar-refractivity contribution is 5.86. The van der Waals surface area contributed by atoms with E-state index in [0.717, 1.165) is 12.8 Å². The number of rotatable bonds is 6. The summed E-state index contributed by atoms with van der Waals surface area (Å²) >= 11 is 0. The van der Waals surface area contributed by atoms with Crippen LogP contribution < -0.4 is 0 Å². The van der Waals surface area contributed by atoms with Crippen LogP contribution in [0, 0.1) is 11.3 Å². The second-order valence-electron chi connectivity index (χ2n) is 3.39. The minimum atomic E-state index is -0.482. The quantitative estimate of drug-likeness (QED) is 0.493. The van der Waals surface area contributed by atoms with Crippen LogP contribution >= 0.6 is 0 Å². The van der Waals surface area contributed by atoms with Crippen LogP contribution in [0.4, 0.5) is 0 Å². The average Bonchev–Trinajstić information content (AvgIpc) is 3.02. The van der Waals surface area contributed by atoms with Gasteiger partial charge in [-0.05, 0) is 19.8 Å². The Hall–Kier alpha value is -1.40. The molecule has 0 radical (unpaired) electrons. The van der Waals surface area contributed by atoms with Crippen LogP contribution in [0.3, 0.4) is 0 Å². The third-order valence-electron chi connectivity index (χ3n) is 2.17. The normalized spacial score (nSPS) is 24.5. The molecule has 0 aromatic rings. The lowest BCUT2D eigenvalue weighted by atomic mass is 10.1. The molecule has 3 nitrogen and oxygen atoms in total. The molecule has 1 rings (SSSR count). The summed E-state index contributed by atoms with van der Waals surface area (Å²) < 4.78 is 4.88. The molecule has 0 aromatic heterocycles. The maximum absolute atomic E-state index is 11.3. The highest BCUT2D eigenvalue weighted by Gasteiger charge is 2.44. The number of carbonyl (C=O) groups excluding carboxylic acids is 1. The van der Waals surface area contributed by atoms with E-state index in [0.29, 0.717) is 6.42 Å². The maximum Gasteiger partial charge on any atom is 0.178 e. The molecular formula is C12H15NO2. The lowest BCUT2D eigenvalue weighted by Crippen LogP contribution is -2.08. The zero-order chi connectivity index (χ0) is 11.1. The van der Waals surface area contributed by atoms with Gasteiger partial charge in [0.1, 0.15) is 0 Å². The Morgan fingerprint density at radius 3 is 2.87 bits per heavy atom. The van der Waals surface area contributed by atoms with Crippen molar-refractivity contribution in [3.05, 3.63) is 24.3 Å². The van der Waals surface area contributed by atoms with Gasteiger partial charge in [0, 0.05) is 6.42 Å². The van der Waals surface area contributed by atoms with Gasteiger partial charge < -0.3 is 4.74 Å². The first-order valence-corrected chi connectivity index (χ1v) is 5.13. The zero-order valence-electron chi connectivity index (χ0n) is 8.85. The minimum Gasteiger partial charge on any atom is -0.345 e. The first-order chi connectivity index (χ1) is 7.29. The van der Waals surface area contributed by atoms with Crippen LogP contribution in [-0.2, 0) is 9.53 Å². The number of nitriles is 1. The van der Waals surface area contributed by atoms with Crippen LogP contribution in [0.25, 0.3) is 0 Å². The van der Waals surface area contributed by atoms with Crippen LogP contribution in [0.2, 0.25) is 0 Å². The average molecular weight is 205 g/mol. The zero-order valence-corrected chi connectivity index (χ0v) is 8.85. The Bertz CT molecular complexity index is 312. The molecule has 1 aliphatic heterocycles. The molecule has 1 saturated heterocycles. The van der Waals surface area contributed by atoms with Gasteiger partial charge in [0.25, 0.3) is 0 Å². The van der Waals surface area contributed by atoms with Gasteiger partial charge in [-0.15, -0.1) is 0 Å². The SMILES string of the molecule is C/C=C/C/C=C/CCC(=O)[C@H]1O[C@H]1C#N. The molecule has 1 aliphatic rings. The molecule has 0 spiro atoms. The molecule has 3 heteroatoms. The summed E-state index contributed by atoms with van der Waals surface area (Å²) in [4.78, 5) is 11.3. The number of ether oxygens (including phenoxy) is 1. The van der Waals surface area contributed by atoms with E-state index >= 15 is 0 Å². The summed E-state index contributed by atoms with van der Waals surface area (Å²) in [6.07, 6.45) is 9.24. The van der Waals surface area contributed by atoms with Crippen LogP contribution in [0.1, 0.15) is 26.2 Å². The number of epoxide rings is 1. The molecule has 0 aromatic carbocycles. The third-order valence-corrected chi connectivity index (χ3v) is 2.17. The molecule has 1 fully saturated rings. The molecule has 0 N–H and O–H groups in total. The second kappa shape index (κ2) is 6.15. The summed E-state index contributed by atoms with van der Waals surface area (Å²) in [5, 5.41) is 8.45. The smallest absolute Gasteiger partial charge is 0.178 e. The Balaban J connectivity index is 2.08. The summed E-state index contributed by atoms with van der Waals surface area (Å²) in [7, 11) is 0. The number of nitrogens with zero attached hydrogens (tertiary/aromatic N) is 1. The first-order valence-electron chi connectivity index (χ1n) is 5.13. The molecular weight excluding hydrogens is 190 g/mol. The number of carbonyl (C=O) groups is 1. The van der Waals surface area contributed by atoms with Gasteiger partial charge in [0.05, 0.1) is 6.07 Å². The molecule has 80 valence electrons. The van der Waals surface area contributed by atoms with Crippen LogP contribution in [-0.4, -0.2) is 18.0 Å². The van der Waals surface area contributed by atoms with Gasteiger partial charge in [0.2, 0.25) is 0 Å². The predicted molar refractivity (Wildman–Crippen MR) is 57.1 cm³/mol.